The molecule has 1 amide bonds. The van der Waals surface area contributed by atoms with Crippen molar-refractivity contribution in [3.8, 4) is 0 Å². The van der Waals surface area contributed by atoms with E-state index in [1.54, 1.807) is 0 Å². The van der Waals surface area contributed by atoms with Crippen LogP contribution < -0.4 is 10.6 Å². The van der Waals surface area contributed by atoms with E-state index in [0.29, 0.717) is 17.4 Å². The van der Waals surface area contributed by atoms with Gasteiger partial charge in [-0.1, -0.05) is 13.8 Å². The Hall–Kier alpha value is -0.570. The van der Waals surface area contributed by atoms with Gasteiger partial charge >= 0.3 is 0 Å². The molecule has 20 heavy (non-hydrogen) atoms. The third-order valence-electron chi connectivity index (χ3n) is 5.70. The molecule has 0 spiro atoms. The number of nitrogens with one attached hydrogen (secondary N) is 2. The van der Waals surface area contributed by atoms with Crippen molar-refractivity contribution < 1.29 is 4.79 Å². The van der Waals surface area contributed by atoms with Crippen molar-refractivity contribution in [3.05, 3.63) is 0 Å². The summed E-state index contributed by atoms with van der Waals surface area (Å²) in [4.78, 5) is 11.9. The Bertz CT molecular complexity index is 399. The summed E-state index contributed by atoms with van der Waals surface area (Å²) in [5.74, 6) is 1.02. The largest absolute Gasteiger partial charge is 0.353 e. The van der Waals surface area contributed by atoms with E-state index in [9.17, 15) is 4.79 Å². The van der Waals surface area contributed by atoms with E-state index in [1.807, 2.05) is 13.8 Å². The minimum atomic E-state index is 0.144. The molecule has 4 aliphatic carbocycles. The Balaban J connectivity index is 1.68. The van der Waals surface area contributed by atoms with Crippen LogP contribution in [0.4, 0.5) is 0 Å². The average Bonchev–Trinajstić information content (AvgIpc) is 2.20. The van der Waals surface area contributed by atoms with Gasteiger partial charge < -0.3 is 10.6 Å². The van der Waals surface area contributed by atoms with Crippen molar-refractivity contribution in [1.82, 2.24) is 10.6 Å². The van der Waals surface area contributed by atoms with Gasteiger partial charge in [0.2, 0.25) is 5.91 Å². The zero-order valence-corrected chi connectivity index (χ0v) is 13.5. The predicted molar refractivity (Wildman–Crippen MR) is 81.4 cm³/mol. The molecule has 0 aromatic carbocycles. The van der Waals surface area contributed by atoms with Crippen molar-refractivity contribution in [2.24, 2.45) is 16.7 Å². The highest BCUT2D eigenvalue weighted by Crippen LogP contribution is 2.66. The van der Waals surface area contributed by atoms with E-state index in [-0.39, 0.29) is 17.5 Å². The lowest BCUT2D eigenvalue weighted by Crippen LogP contribution is -2.65. The minimum absolute atomic E-state index is 0.144. The molecule has 3 nitrogen and oxygen atoms in total. The van der Waals surface area contributed by atoms with E-state index < -0.39 is 0 Å². The second-order valence-electron chi connectivity index (χ2n) is 8.99. The molecule has 4 bridgehead atoms. The Labute approximate surface area is 123 Å². The summed E-state index contributed by atoms with van der Waals surface area (Å²) in [6.07, 6.45) is 8.02. The van der Waals surface area contributed by atoms with Crippen LogP contribution in [0, 0.1) is 16.7 Å². The first-order chi connectivity index (χ1) is 9.22. The van der Waals surface area contributed by atoms with Crippen LogP contribution >= 0.6 is 0 Å². The maximum absolute atomic E-state index is 11.9. The maximum Gasteiger partial charge on any atom is 0.234 e. The second-order valence-corrected chi connectivity index (χ2v) is 8.99. The minimum Gasteiger partial charge on any atom is -0.353 e. The number of hydrogen-bond donors (Lipinski definition) is 2. The Morgan fingerprint density at radius 2 is 1.70 bits per heavy atom. The van der Waals surface area contributed by atoms with E-state index >= 15 is 0 Å². The van der Waals surface area contributed by atoms with Gasteiger partial charge in [0.1, 0.15) is 0 Å². The average molecular weight is 278 g/mol. The van der Waals surface area contributed by atoms with Gasteiger partial charge in [-0.05, 0) is 69.1 Å². The molecule has 0 aromatic rings. The quantitative estimate of drug-likeness (QED) is 0.830. The summed E-state index contributed by atoms with van der Waals surface area (Å²) in [5, 5.41) is 6.66. The Morgan fingerprint density at radius 1 is 1.10 bits per heavy atom. The number of rotatable bonds is 4. The lowest BCUT2D eigenvalue weighted by Gasteiger charge is -2.65. The van der Waals surface area contributed by atoms with Crippen LogP contribution in [0.5, 0.6) is 0 Å². The molecule has 0 saturated heterocycles. The molecule has 4 saturated carbocycles. The molecule has 4 rings (SSSR count). The van der Waals surface area contributed by atoms with Crippen LogP contribution in [0.2, 0.25) is 0 Å². The van der Waals surface area contributed by atoms with Crippen molar-refractivity contribution in [2.45, 2.75) is 77.8 Å². The monoisotopic (exact) mass is 278 g/mol. The van der Waals surface area contributed by atoms with Crippen molar-refractivity contribution in [2.75, 3.05) is 6.54 Å². The standard InChI is InChI=1S/C17H30N2O/c1-12(2)19-14(20)8-18-17-7-13-5-15(3,10-17)9-16(4,6-13)11-17/h12-13,18H,5-11H2,1-4H3,(H,19,20). The fraction of sp³-hybridized carbons (Fsp3) is 0.941. The van der Waals surface area contributed by atoms with Crippen LogP contribution in [0.1, 0.15) is 66.2 Å². The van der Waals surface area contributed by atoms with Gasteiger partial charge in [-0.15, -0.1) is 0 Å². The molecule has 0 heterocycles. The van der Waals surface area contributed by atoms with Crippen LogP contribution in [0.15, 0.2) is 0 Å². The second kappa shape index (κ2) is 4.46. The van der Waals surface area contributed by atoms with Crippen LogP contribution in [-0.2, 0) is 4.79 Å². The lowest BCUT2D eigenvalue weighted by atomic mass is 9.43. The van der Waals surface area contributed by atoms with Gasteiger partial charge in [0.25, 0.3) is 0 Å². The highest BCUT2D eigenvalue weighted by Gasteiger charge is 2.59. The van der Waals surface area contributed by atoms with E-state index in [4.69, 9.17) is 0 Å². The topological polar surface area (TPSA) is 41.1 Å². The van der Waals surface area contributed by atoms with E-state index in [0.717, 1.165) is 5.92 Å². The van der Waals surface area contributed by atoms with E-state index in [2.05, 4.69) is 24.5 Å². The normalized spacial score (nSPS) is 46.0. The predicted octanol–water partition coefficient (Wildman–Crippen LogP) is 2.85. The van der Waals surface area contributed by atoms with Gasteiger partial charge in [-0.3, -0.25) is 4.79 Å². The van der Waals surface area contributed by atoms with Gasteiger partial charge in [-0.2, -0.15) is 0 Å². The molecular weight excluding hydrogens is 248 g/mol. The number of carbonyl (C=O) groups excluding carboxylic acids is 1. The van der Waals surface area contributed by atoms with Crippen molar-refractivity contribution in [3.63, 3.8) is 0 Å². The number of carbonyl (C=O) groups is 1. The zero-order chi connectivity index (χ0) is 14.6. The molecule has 2 N–H and O–H groups in total. The molecule has 0 aromatic heterocycles. The zero-order valence-electron chi connectivity index (χ0n) is 13.5. The third kappa shape index (κ3) is 2.61. The molecule has 4 aliphatic rings. The summed E-state index contributed by atoms with van der Waals surface area (Å²) in [5.41, 5.74) is 1.25. The van der Waals surface area contributed by atoms with Gasteiger partial charge in [0.05, 0.1) is 6.54 Å². The van der Waals surface area contributed by atoms with Crippen molar-refractivity contribution in [1.29, 1.82) is 0 Å². The first-order valence-electron chi connectivity index (χ1n) is 8.26. The summed E-state index contributed by atoms with van der Waals surface area (Å²) in [7, 11) is 0. The highest BCUT2D eigenvalue weighted by molar-refractivity contribution is 5.78. The molecule has 2 unspecified atom stereocenters. The fourth-order valence-electron chi connectivity index (χ4n) is 6.29. The van der Waals surface area contributed by atoms with Gasteiger partial charge in [0, 0.05) is 11.6 Å². The van der Waals surface area contributed by atoms with Crippen molar-refractivity contribution >= 4 is 5.91 Å². The van der Waals surface area contributed by atoms with Crippen LogP contribution in [-0.4, -0.2) is 24.0 Å². The van der Waals surface area contributed by atoms with E-state index in [1.165, 1.54) is 38.5 Å². The third-order valence-corrected chi connectivity index (χ3v) is 5.70. The molecule has 4 fully saturated rings. The lowest BCUT2D eigenvalue weighted by molar-refractivity contribution is -0.129. The molecular formula is C17H30N2O. The first kappa shape index (κ1) is 14.4. The summed E-state index contributed by atoms with van der Waals surface area (Å²) >= 11 is 0. The first-order valence-corrected chi connectivity index (χ1v) is 8.26. The Morgan fingerprint density at radius 3 is 2.20 bits per heavy atom. The summed E-state index contributed by atoms with van der Waals surface area (Å²) in [6.45, 7) is 9.47. The Kier molecular flexibility index (Phi) is 3.20. The molecule has 0 radical (unpaired) electrons. The highest BCUT2D eigenvalue weighted by atomic mass is 16.1. The summed E-state index contributed by atoms with van der Waals surface area (Å²) in [6, 6.07) is 0.232. The van der Waals surface area contributed by atoms with Crippen LogP contribution in [0.3, 0.4) is 0 Å². The molecule has 114 valence electrons. The molecule has 3 heteroatoms. The molecule has 2 atom stereocenters. The van der Waals surface area contributed by atoms with Gasteiger partial charge in [-0.25, -0.2) is 0 Å². The number of amides is 1. The van der Waals surface area contributed by atoms with Gasteiger partial charge in [0.15, 0.2) is 0 Å². The number of hydrogen-bond acceptors (Lipinski definition) is 2. The summed E-state index contributed by atoms with van der Waals surface area (Å²) < 4.78 is 0. The fourth-order valence-corrected chi connectivity index (χ4v) is 6.29. The maximum atomic E-state index is 11.9. The van der Waals surface area contributed by atoms with Crippen LogP contribution in [0.25, 0.3) is 0 Å². The smallest absolute Gasteiger partial charge is 0.234 e. The molecule has 0 aliphatic heterocycles. The SMILES string of the molecule is CC(C)NC(=O)CNC12CC3CC(C)(CC(C)(C3)C1)C2.